The summed E-state index contributed by atoms with van der Waals surface area (Å²) in [4.78, 5) is 3.41. The number of aliphatic hydroxyl groups is 2. The van der Waals surface area contributed by atoms with Crippen LogP contribution in [-0.2, 0) is 30.1 Å². The number of benzene rings is 4. The molecule has 0 aliphatic heterocycles. The van der Waals surface area contributed by atoms with Crippen LogP contribution in [0.3, 0.4) is 0 Å². The maximum absolute atomic E-state index is 10.5. The highest BCUT2D eigenvalue weighted by Gasteiger charge is 2.33. The van der Waals surface area contributed by atoms with Crippen LogP contribution in [0.25, 0.3) is 4.85 Å². The molecular weight excluding hydrogens is 903 g/mol. The van der Waals surface area contributed by atoms with Crippen LogP contribution < -0.4 is 9.47 Å². The molecule has 3 N–H and O–H groups in total. The molecule has 0 aliphatic carbocycles. The zero-order chi connectivity index (χ0) is 53.8. The first-order chi connectivity index (χ1) is 34.7. The fraction of sp³-hybridized carbons (Fsp3) is 0.594. The third kappa shape index (κ3) is 17.0. The maximum Gasteiger partial charge on any atom is 0.214 e. The quantitative estimate of drug-likeness (QED) is 0.0354. The van der Waals surface area contributed by atoms with E-state index in [0.29, 0.717) is 19.8 Å². The Balaban J connectivity index is 0.000000318. The number of rotatable bonds is 27. The van der Waals surface area contributed by atoms with Crippen molar-refractivity contribution >= 4 is 0 Å². The number of nitrogens with zero attached hydrogens (tertiary/aromatic N) is 4. The molecule has 1 aromatic heterocycles. The summed E-state index contributed by atoms with van der Waals surface area (Å²) in [6.45, 7) is 39.4. The Bertz CT molecular complexity index is 2450. The topological polar surface area (TPSA) is 118 Å². The van der Waals surface area contributed by atoms with Crippen LogP contribution in [0.1, 0.15) is 208 Å². The first-order valence-corrected chi connectivity index (χ1v) is 27.8. The Labute approximate surface area is 442 Å². The molecule has 5 rings (SSSR count). The lowest BCUT2D eigenvalue weighted by Crippen LogP contribution is -2.27. The van der Waals surface area contributed by atoms with Crippen molar-refractivity contribution in [3.05, 3.63) is 146 Å². The largest absolute Gasteiger partial charge is 0.493 e. The van der Waals surface area contributed by atoms with Gasteiger partial charge in [-0.05, 0) is 190 Å². The molecule has 0 saturated heterocycles. The summed E-state index contributed by atoms with van der Waals surface area (Å²) >= 11 is 0. The van der Waals surface area contributed by atoms with Gasteiger partial charge in [0.1, 0.15) is 11.5 Å². The first-order valence-electron chi connectivity index (χ1n) is 27.8. The molecule has 0 fully saturated rings. The van der Waals surface area contributed by atoms with E-state index in [1.165, 1.54) is 55.6 Å². The van der Waals surface area contributed by atoms with E-state index in [4.69, 9.17) is 16.0 Å². The highest BCUT2D eigenvalue weighted by atomic mass is 16.5. The van der Waals surface area contributed by atoms with Gasteiger partial charge in [-0.1, -0.05) is 135 Å². The van der Waals surface area contributed by atoms with Gasteiger partial charge in [-0.3, -0.25) is 0 Å². The van der Waals surface area contributed by atoms with Gasteiger partial charge in [-0.2, -0.15) is 5.21 Å². The van der Waals surface area contributed by atoms with Crippen molar-refractivity contribution < 1.29 is 19.7 Å². The molecule has 9 nitrogen and oxygen atoms in total. The summed E-state index contributed by atoms with van der Waals surface area (Å²) in [5.41, 5.74) is 12.8. The predicted octanol–water partition coefficient (Wildman–Crippen LogP) is 15.3. The summed E-state index contributed by atoms with van der Waals surface area (Å²) in [7, 11) is 0. The Kier molecular flexibility index (Phi) is 23.7. The van der Waals surface area contributed by atoms with Gasteiger partial charge in [0.15, 0.2) is 5.82 Å². The molecule has 2 unspecified atom stereocenters. The average Bonchev–Trinajstić information content (AvgIpc) is 3.88. The number of nitrogens with one attached hydrogen (secondary N) is 1. The molecule has 0 saturated carbocycles. The molecule has 1 heterocycles. The highest BCUT2D eigenvalue weighted by Crippen LogP contribution is 2.43. The molecule has 0 radical (unpaired) electrons. The number of hydrogen-bond acceptors (Lipinski definition) is 7. The van der Waals surface area contributed by atoms with Crippen molar-refractivity contribution in [1.29, 1.82) is 0 Å². The molecular formula is C64H95N5O4. The van der Waals surface area contributed by atoms with E-state index in [2.05, 4.69) is 195 Å². The summed E-state index contributed by atoms with van der Waals surface area (Å²) in [5.74, 6) is 2.71. The van der Waals surface area contributed by atoms with Crippen LogP contribution in [0.5, 0.6) is 11.5 Å². The third-order valence-electron chi connectivity index (χ3n) is 15.9. The van der Waals surface area contributed by atoms with Crippen LogP contribution in [0, 0.1) is 45.1 Å². The molecule has 0 spiro atoms. The van der Waals surface area contributed by atoms with Gasteiger partial charge < -0.3 is 24.5 Å². The summed E-state index contributed by atoms with van der Waals surface area (Å²) in [6.07, 6.45) is 13.9. The first kappa shape index (κ1) is 60.5. The van der Waals surface area contributed by atoms with Gasteiger partial charge in [0.25, 0.3) is 0 Å². The minimum absolute atomic E-state index is 0.0305. The number of tetrazole rings is 1. The highest BCUT2D eigenvalue weighted by molar-refractivity contribution is 5.48. The second-order valence-corrected chi connectivity index (χ2v) is 22.9. The van der Waals surface area contributed by atoms with Gasteiger partial charge in [0.2, 0.25) is 6.54 Å². The Morgan fingerprint density at radius 1 is 0.534 bits per heavy atom. The lowest BCUT2D eigenvalue weighted by molar-refractivity contribution is 0.0559. The Hall–Kier alpha value is -5.04. The van der Waals surface area contributed by atoms with Gasteiger partial charge in [-0.25, -0.2) is 6.57 Å². The zero-order valence-electron chi connectivity index (χ0n) is 47.8. The van der Waals surface area contributed by atoms with Crippen LogP contribution in [0.4, 0.5) is 0 Å². The van der Waals surface area contributed by atoms with E-state index in [0.717, 1.165) is 114 Å². The Morgan fingerprint density at radius 3 is 1.27 bits per heavy atom. The van der Waals surface area contributed by atoms with Crippen LogP contribution in [0.15, 0.2) is 72.8 Å². The predicted molar refractivity (Wildman–Crippen MR) is 303 cm³/mol. The Morgan fingerprint density at radius 2 is 0.932 bits per heavy atom. The second kappa shape index (κ2) is 28.6. The third-order valence-corrected chi connectivity index (χ3v) is 15.9. The second-order valence-electron chi connectivity index (χ2n) is 22.9. The van der Waals surface area contributed by atoms with Gasteiger partial charge in [-0.15, -0.1) is 10.2 Å². The molecule has 2 atom stereocenters. The number of hydrogen-bond donors (Lipinski definition) is 3. The minimum Gasteiger partial charge on any atom is -0.493 e. The lowest BCUT2D eigenvalue weighted by atomic mass is 9.69. The van der Waals surface area contributed by atoms with E-state index in [1.54, 1.807) is 0 Å². The minimum atomic E-state index is -0.299. The number of H-pyrrole nitrogens is 1. The van der Waals surface area contributed by atoms with E-state index >= 15 is 0 Å². The van der Waals surface area contributed by atoms with Crippen LogP contribution >= 0.6 is 0 Å². The van der Waals surface area contributed by atoms with Crippen molar-refractivity contribution in [2.24, 2.45) is 10.8 Å². The number of aliphatic hydroxyl groups excluding tert-OH is 2. The van der Waals surface area contributed by atoms with Crippen molar-refractivity contribution in [3.8, 4) is 11.5 Å². The number of aromatic nitrogens is 4. The molecule has 5 aromatic rings. The maximum atomic E-state index is 10.5. The van der Waals surface area contributed by atoms with Crippen molar-refractivity contribution in [2.45, 2.75) is 216 Å². The average molecular weight is 998 g/mol. The van der Waals surface area contributed by atoms with E-state index < -0.39 is 0 Å². The molecule has 4 aromatic carbocycles. The number of aromatic amines is 1. The van der Waals surface area contributed by atoms with Crippen LogP contribution in [-0.4, -0.2) is 62.8 Å². The fourth-order valence-corrected chi connectivity index (χ4v) is 10.4. The molecule has 0 aliphatic rings. The standard InChI is InChI=1S/C32H48N4O2.C32H47NO2/c1-8-32(9-2,26-16-14-25(23(3)21-26)15-19-29(37)31(5,6)7)27-17-18-28(24(4)22-27)38-20-12-10-11-13-30-33-35-36-34-30;1-9-32(10-2,27-16-14-26(24(3)22-27)15-19-30(34)31(5,6)7)28-17-18-29(25(4)23-28)35-21-13-11-12-20-33-8/h14,16-18,21-22,29,37H,8-13,15,19-20H2,1-7H3,(H,33,34,35,36);14,16-18,22-23,30,34H,9-13,15,19-21H2,1-7H3. The normalized spacial score (nSPS) is 13.0. The zero-order valence-corrected chi connectivity index (χ0v) is 47.8. The van der Waals surface area contributed by atoms with Crippen molar-refractivity contribution in [3.63, 3.8) is 0 Å². The number of ether oxygens (including phenoxy) is 2. The lowest BCUT2D eigenvalue weighted by Gasteiger charge is -2.34. The summed E-state index contributed by atoms with van der Waals surface area (Å²) in [6, 6.07) is 27.3. The number of unbranched alkanes of at least 4 members (excludes halogenated alkanes) is 4. The molecule has 9 heteroatoms. The molecule has 400 valence electrons. The van der Waals surface area contributed by atoms with E-state index in [-0.39, 0.29) is 33.9 Å². The SMILES string of the molecule is CCC(CC)(c1ccc(CCC(O)C(C)(C)C)c(C)c1)c1ccc(OCCCCCc2nn[nH]n2)c(C)c1.[C-]#[N+]CCCCCOc1ccc(C(CC)(CC)c2ccc(CCC(O)C(C)(C)C)c(C)c2)cc1C. The van der Waals surface area contributed by atoms with E-state index in [1.807, 2.05) is 0 Å². The van der Waals surface area contributed by atoms with Crippen LogP contribution in [0.2, 0.25) is 0 Å². The van der Waals surface area contributed by atoms with E-state index in [9.17, 15) is 10.2 Å². The van der Waals surface area contributed by atoms with Gasteiger partial charge >= 0.3 is 0 Å². The number of aryl methyl sites for hydroxylation is 7. The van der Waals surface area contributed by atoms with Gasteiger partial charge in [0.05, 0.1) is 25.4 Å². The van der Waals surface area contributed by atoms with Crippen molar-refractivity contribution in [1.82, 2.24) is 20.6 Å². The molecule has 0 amide bonds. The molecule has 73 heavy (non-hydrogen) atoms. The summed E-state index contributed by atoms with van der Waals surface area (Å²) in [5, 5.41) is 35.1. The summed E-state index contributed by atoms with van der Waals surface area (Å²) < 4.78 is 12.2. The monoisotopic (exact) mass is 998 g/mol. The van der Waals surface area contributed by atoms with Gasteiger partial charge in [0, 0.05) is 23.7 Å². The van der Waals surface area contributed by atoms with Crippen molar-refractivity contribution in [2.75, 3.05) is 19.8 Å². The molecule has 0 bridgehead atoms. The smallest absolute Gasteiger partial charge is 0.214 e. The fourth-order valence-electron chi connectivity index (χ4n) is 10.4.